The molecule has 5 heteroatoms. The Morgan fingerprint density at radius 3 is 2.50 bits per heavy atom. The number of para-hydroxylation sites is 1. The summed E-state index contributed by atoms with van der Waals surface area (Å²) in [5, 5.41) is 2.66. The molecular formula is C15H15NO3S. The number of anilines is 1. The van der Waals surface area contributed by atoms with Crippen LogP contribution in [0.1, 0.15) is 20.1 Å². The fraction of sp³-hybridized carbons (Fsp3) is 0.200. The van der Waals surface area contributed by atoms with Crippen molar-refractivity contribution >= 4 is 28.9 Å². The first kappa shape index (κ1) is 14.3. The number of ether oxygens (including phenoxy) is 1. The summed E-state index contributed by atoms with van der Waals surface area (Å²) in [5.74, 6) is -0.816. The molecule has 1 heterocycles. The summed E-state index contributed by atoms with van der Waals surface area (Å²) in [7, 11) is 0. The zero-order valence-corrected chi connectivity index (χ0v) is 12.1. The van der Waals surface area contributed by atoms with E-state index >= 15 is 0 Å². The van der Waals surface area contributed by atoms with Gasteiger partial charge >= 0.3 is 5.97 Å². The number of nitrogens with one attached hydrogen (secondary N) is 1. The van der Waals surface area contributed by atoms with Gasteiger partial charge in [-0.25, -0.2) is 4.79 Å². The van der Waals surface area contributed by atoms with Gasteiger partial charge in [0.25, 0.3) is 5.91 Å². The standard InChI is InChI=1S/C15H15NO3S/c1-10-8-13(11(2)20-10)15(18)19-9-14(17)16-12-6-4-3-5-7-12/h3-8H,9H2,1-2H3,(H,16,17). The van der Waals surface area contributed by atoms with Crippen LogP contribution in [0.25, 0.3) is 0 Å². The van der Waals surface area contributed by atoms with Crippen molar-refractivity contribution in [2.75, 3.05) is 11.9 Å². The Hall–Kier alpha value is -2.14. The SMILES string of the molecule is Cc1cc(C(=O)OCC(=O)Nc2ccccc2)c(C)s1. The van der Waals surface area contributed by atoms with Gasteiger partial charge in [-0.2, -0.15) is 0 Å². The molecule has 0 saturated carbocycles. The number of esters is 1. The molecule has 104 valence electrons. The van der Waals surface area contributed by atoms with E-state index in [-0.39, 0.29) is 12.5 Å². The molecule has 20 heavy (non-hydrogen) atoms. The van der Waals surface area contributed by atoms with Crippen LogP contribution in [0.15, 0.2) is 36.4 Å². The summed E-state index contributed by atoms with van der Waals surface area (Å²) in [5.41, 5.74) is 1.20. The second-order valence-electron chi connectivity index (χ2n) is 4.32. The predicted octanol–water partition coefficient (Wildman–Crippen LogP) is 3.16. The van der Waals surface area contributed by atoms with E-state index < -0.39 is 5.97 Å². The van der Waals surface area contributed by atoms with Crippen molar-refractivity contribution in [3.63, 3.8) is 0 Å². The molecule has 0 fully saturated rings. The second kappa shape index (κ2) is 6.34. The van der Waals surface area contributed by atoms with Crippen molar-refractivity contribution in [2.24, 2.45) is 0 Å². The van der Waals surface area contributed by atoms with E-state index in [0.29, 0.717) is 11.3 Å². The second-order valence-corrected chi connectivity index (χ2v) is 5.78. The third kappa shape index (κ3) is 3.68. The lowest BCUT2D eigenvalue weighted by atomic mass is 10.2. The summed E-state index contributed by atoms with van der Waals surface area (Å²) in [6.07, 6.45) is 0. The zero-order valence-electron chi connectivity index (χ0n) is 11.3. The molecule has 1 N–H and O–H groups in total. The van der Waals surface area contributed by atoms with Crippen molar-refractivity contribution in [2.45, 2.75) is 13.8 Å². The van der Waals surface area contributed by atoms with Crippen molar-refractivity contribution in [3.8, 4) is 0 Å². The number of carbonyl (C=O) groups is 2. The average Bonchev–Trinajstić information content (AvgIpc) is 2.76. The minimum atomic E-state index is -0.463. The van der Waals surface area contributed by atoms with Crippen LogP contribution in [0.3, 0.4) is 0 Å². The van der Waals surface area contributed by atoms with Crippen molar-refractivity contribution in [1.82, 2.24) is 0 Å². The molecule has 2 rings (SSSR count). The van der Waals surface area contributed by atoms with Crippen molar-refractivity contribution in [1.29, 1.82) is 0 Å². The van der Waals surface area contributed by atoms with Gasteiger partial charge in [-0.1, -0.05) is 18.2 Å². The first-order valence-electron chi connectivity index (χ1n) is 6.15. The number of carbonyl (C=O) groups excluding carboxylic acids is 2. The Morgan fingerprint density at radius 2 is 1.90 bits per heavy atom. The van der Waals surface area contributed by atoms with Gasteiger partial charge in [-0.05, 0) is 32.0 Å². The maximum absolute atomic E-state index is 11.8. The Morgan fingerprint density at radius 1 is 1.20 bits per heavy atom. The Balaban J connectivity index is 1.87. The highest BCUT2D eigenvalue weighted by Crippen LogP contribution is 2.21. The molecule has 1 aromatic heterocycles. The van der Waals surface area contributed by atoms with Crippen LogP contribution in [0.4, 0.5) is 5.69 Å². The zero-order chi connectivity index (χ0) is 14.5. The van der Waals surface area contributed by atoms with Crippen LogP contribution >= 0.6 is 11.3 Å². The van der Waals surface area contributed by atoms with Crippen LogP contribution in [-0.2, 0) is 9.53 Å². The molecule has 2 aromatic rings. The van der Waals surface area contributed by atoms with E-state index in [1.54, 1.807) is 18.2 Å². The maximum Gasteiger partial charge on any atom is 0.339 e. The average molecular weight is 289 g/mol. The quantitative estimate of drug-likeness (QED) is 0.880. The summed E-state index contributed by atoms with van der Waals surface area (Å²) in [4.78, 5) is 25.4. The van der Waals surface area contributed by atoms with Gasteiger partial charge in [-0.3, -0.25) is 4.79 Å². The number of benzene rings is 1. The molecule has 0 aliphatic carbocycles. The van der Waals surface area contributed by atoms with Crippen molar-refractivity contribution < 1.29 is 14.3 Å². The topological polar surface area (TPSA) is 55.4 Å². The number of thiophene rings is 1. The smallest absolute Gasteiger partial charge is 0.339 e. The van der Waals surface area contributed by atoms with Crippen LogP contribution in [-0.4, -0.2) is 18.5 Å². The molecule has 0 radical (unpaired) electrons. The fourth-order valence-corrected chi connectivity index (χ4v) is 2.67. The number of amides is 1. The summed E-state index contributed by atoms with van der Waals surface area (Å²) in [6, 6.07) is 10.8. The Bertz CT molecular complexity index is 619. The summed E-state index contributed by atoms with van der Waals surface area (Å²) >= 11 is 1.53. The van der Waals surface area contributed by atoms with Crippen molar-refractivity contribution in [3.05, 3.63) is 51.7 Å². The first-order valence-corrected chi connectivity index (χ1v) is 6.97. The van der Waals surface area contributed by atoms with E-state index in [1.807, 2.05) is 32.0 Å². The van der Waals surface area contributed by atoms with E-state index in [2.05, 4.69) is 5.32 Å². The van der Waals surface area contributed by atoms with Gasteiger partial charge < -0.3 is 10.1 Å². The summed E-state index contributed by atoms with van der Waals surface area (Å²) in [6.45, 7) is 3.50. The van der Waals surface area contributed by atoms with Gasteiger partial charge in [0.2, 0.25) is 0 Å². The number of rotatable bonds is 4. The maximum atomic E-state index is 11.8. The molecule has 0 spiro atoms. The third-order valence-corrected chi connectivity index (χ3v) is 3.62. The molecule has 0 aliphatic heterocycles. The predicted molar refractivity (Wildman–Crippen MR) is 79.1 cm³/mol. The number of aryl methyl sites for hydroxylation is 2. The minimum Gasteiger partial charge on any atom is -0.452 e. The molecule has 1 amide bonds. The number of hydrogen-bond donors (Lipinski definition) is 1. The van der Waals surface area contributed by atoms with Gasteiger partial charge in [-0.15, -0.1) is 11.3 Å². The van der Waals surface area contributed by atoms with Crippen LogP contribution in [0.5, 0.6) is 0 Å². The van der Waals surface area contributed by atoms with E-state index in [9.17, 15) is 9.59 Å². The van der Waals surface area contributed by atoms with E-state index in [4.69, 9.17) is 4.74 Å². The highest BCUT2D eigenvalue weighted by molar-refractivity contribution is 7.12. The highest BCUT2D eigenvalue weighted by Gasteiger charge is 2.14. The lowest BCUT2D eigenvalue weighted by molar-refractivity contribution is -0.119. The molecule has 0 bridgehead atoms. The first-order chi connectivity index (χ1) is 9.56. The number of hydrogen-bond acceptors (Lipinski definition) is 4. The molecule has 0 atom stereocenters. The molecule has 1 aromatic carbocycles. The third-order valence-electron chi connectivity index (χ3n) is 2.65. The van der Waals surface area contributed by atoms with Gasteiger partial charge in [0.05, 0.1) is 5.56 Å². The van der Waals surface area contributed by atoms with E-state index in [1.165, 1.54) is 11.3 Å². The fourth-order valence-electron chi connectivity index (χ4n) is 1.76. The van der Waals surface area contributed by atoms with Gasteiger partial charge in [0.15, 0.2) is 6.61 Å². The summed E-state index contributed by atoms with van der Waals surface area (Å²) < 4.78 is 5.01. The van der Waals surface area contributed by atoms with E-state index in [0.717, 1.165) is 9.75 Å². The van der Waals surface area contributed by atoms with Gasteiger partial charge in [0, 0.05) is 15.4 Å². The van der Waals surface area contributed by atoms with Crippen LogP contribution in [0.2, 0.25) is 0 Å². The minimum absolute atomic E-state index is 0.290. The molecular weight excluding hydrogens is 274 g/mol. The van der Waals surface area contributed by atoms with Crippen LogP contribution in [0, 0.1) is 13.8 Å². The molecule has 4 nitrogen and oxygen atoms in total. The largest absolute Gasteiger partial charge is 0.452 e. The monoisotopic (exact) mass is 289 g/mol. The Labute approximate surface area is 121 Å². The molecule has 0 unspecified atom stereocenters. The van der Waals surface area contributed by atoms with Crippen LogP contribution < -0.4 is 5.32 Å². The highest BCUT2D eigenvalue weighted by atomic mass is 32.1. The normalized spacial score (nSPS) is 10.1. The van der Waals surface area contributed by atoms with Gasteiger partial charge in [0.1, 0.15) is 0 Å². The Kier molecular flexibility index (Phi) is 4.53. The lowest BCUT2D eigenvalue weighted by Crippen LogP contribution is -2.20. The lowest BCUT2D eigenvalue weighted by Gasteiger charge is -2.06. The molecule has 0 aliphatic rings. The molecule has 0 saturated heterocycles.